The largest absolute Gasteiger partial charge is 0.399 e. The number of hydrogen-bond acceptors (Lipinski definition) is 6. The molecule has 0 saturated carbocycles. The molecular weight excluding hydrogens is 230 g/mol. The summed E-state index contributed by atoms with van der Waals surface area (Å²) in [5, 5.41) is 8.20. The van der Waals surface area contributed by atoms with E-state index < -0.39 is 6.79 Å². The molecule has 6 heteroatoms. The molecule has 88 valence electrons. The van der Waals surface area contributed by atoms with Crippen molar-refractivity contribution < 1.29 is 19.4 Å². The Morgan fingerprint density at radius 2 is 2.00 bits per heavy atom. The van der Waals surface area contributed by atoms with Crippen LogP contribution in [-0.4, -0.2) is 29.7 Å². The van der Waals surface area contributed by atoms with Crippen molar-refractivity contribution in [2.75, 3.05) is 25.3 Å². The number of ether oxygens (including phenoxy) is 2. The first-order chi connectivity index (χ1) is 7.74. The molecule has 1 rings (SSSR count). The Labute approximate surface area is 97.5 Å². The second-order valence-corrected chi connectivity index (χ2v) is 3.72. The Balaban J connectivity index is 2.27. The van der Waals surface area contributed by atoms with Crippen LogP contribution in [0, 0.1) is 0 Å². The van der Waals surface area contributed by atoms with Crippen molar-refractivity contribution in [3.05, 3.63) is 29.8 Å². The van der Waals surface area contributed by atoms with Gasteiger partial charge >= 0.3 is 0 Å². The van der Waals surface area contributed by atoms with Gasteiger partial charge in [0.2, 0.25) is 5.12 Å². The van der Waals surface area contributed by atoms with Crippen LogP contribution in [0.15, 0.2) is 24.3 Å². The van der Waals surface area contributed by atoms with E-state index in [2.05, 4.69) is 4.74 Å². The number of carbonyl (C=O) groups excluding carboxylic acids is 1. The number of benzene rings is 1. The van der Waals surface area contributed by atoms with E-state index in [-0.39, 0.29) is 17.8 Å². The number of aliphatic hydroxyl groups excluding tert-OH is 1. The first kappa shape index (κ1) is 13.0. The molecule has 0 amide bonds. The molecule has 3 N–H and O–H groups in total. The first-order valence-electron chi connectivity index (χ1n) is 4.53. The number of rotatable bonds is 6. The monoisotopic (exact) mass is 243 g/mol. The van der Waals surface area contributed by atoms with E-state index in [1.807, 2.05) is 0 Å². The van der Waals surface area contributed by atoms with E-state index in [9.17, 15) is 4.79 Å². The SMILES string of the molecule is Nc1ccc(C(=O)SCOCOCO)cc1. The molecule has 0 saturated heterocycles. The molecule has 0 atom stereocenters. The molecule has 0 aromatic heterocycles. The van der Waals surface area contributed by atoms with Gasteiger partial charge in [-0.25, -0.2) is 0 Å². The number of hydrogen-bond donors (Lipinski definition) is 2. The van der Waals surface area contributed by atoms with Gasteiger partial charge in [0, 0.05) is 11.3 Å². The van der Waals surface area contributed by atoms with Gasteiger partial charge in [0.25, 0.3) is 0 Å². The van der Waals surface area contributed by atoms with Crippen molar-refractivity contribution in [2.24, 2.45) is 0 Å². The highest BCUT2D eigenvalue weighted by Gasteiger charge is 2.05. The fourth-order valence-corrected chi connectivity index (χ4v) is 1.49. The molecule has 0 radical (unpaired) electrons. The smallest absolute Gasteiger partial charge is 0.221 e. The molecule has 0 bridgehead atoms. The molecule has 0 fully saturated rings. The van der Waals surface area contributed by atoms with Crippen molar-refractivity contribution >= 4 is 22.6 Å². The van der Waals surface area contributed by atoms with Gasteiger partial charge in [0.05, 0.1) is 0 Å². The summed E-state index contributed by atoms with van der Waals surface area (Å²) in [7, 11) is 0. The standard InChI is InChI=1S/C10H13NO4S/c11-9-3-1-8(2-4-9)10(13)16-7-15-6-14-5-12/h1-4,12H,5-7,11H2. The van der Waals surface area contributed by atoms with Crippen LogP contribution in [-0.2, 0) is 9.47 Å². The van der Waals surface area contributed by atoms with E-state index in [0.29, 0.717) is 11.3 Å². The summed E-state index contributed by atoms with van der Waals surface area (Å²) >= 11 is 1.02. The van der Waals surface area contributed by atoms with Crippen molar-refractivity contribution in [2.45, 2.75) is 0 Å². The van der Waals surface area contributed by atoms with Gasteiger partial charge in [-0.05, 0) is 24.3 Å². The van der Waals surface area contributed by atoms with Gasteiger partial charge in [0.15, 0.2) is 6.79 Å². The van der Waals surface area contributed by atoms with Gasteiger partial charge in [0.1, 0.15) is 12.7 Å². The third-order valence-electron chi connectivity index (χ3n) is 1.68. The summed E-state index contributed by atoms with van der Waals surface area (Å²) in [6.07, 6.45) is 0. The van der Waals surface area contributed by atoms with Gasteiger partial charge in [-0.3, -0.25) is 4.79 Å². The number of aliphatic hydroxyl groups is 1. The highest BCUT2D eigenvalue weighted by atomic mass is 32.2. The number of anilines is 1. The number of thioether (sulfide) groups is 1. The molecule has 0 heterocycles. The van der Waals surface area contributed by atoms with Crippen LogP contribution < -0.4 is 5.73 Å². The molecule has 0 spiro atoms. The fourth-order valence-electron chi connectivity index (χ4n) is 0.928. The van der Waals surface area contributed by atoms with Crippen LogP contribution in [0.25, 0.3) is 0 Å². The maximum atomic E-state index is 11.5. The second-order valence-electron chi connectivity index (χ2n) is 2.83. The lowest BCUT2D eigenvalue weighted by Crippen LogP contribution is -2.02. The molecule has 16 heavy (non-hydrogen) atoms. The minimum Gasteiger partial charge on any atom is -0.399 e. The minimum atomic E-state index is -0.392. The first-order valence-corrected chi connectivity index (χ1v) is 5.51. The molecule has 0 aliphatic carbocycles. The van der Waals surface area contributed by atoms with E-state index in [1.165, 1.54) is 0 Å². The van der Waals surface area contributed by atoms with Crippen molar-refractivity contribution in [1.82, 2.24) is 0 Å². The number of nitrogen functional groups attached to an aromatic ring is 1. The van der Waals surface area contributed by atoms with Gasteiger partial charge < -0.3 is 20.3 Å². The highest BCUT2D eigenvalue weighted by molar-refractivity contribution is 8.14. The molecule has 0 aliphatic rings. The Bertz CT molecular complexity index is 328. The lowest BCUT2D eigenvalue weighted by atomic mass is 10.2. The van der Waals surface area contributed by atoms with Crippen LogP contribution >= 0.6 is 11.8 Å². The number of nitrogens with two attached hydrogens (primary N) is 1. The molecule has 0 aliphatic heterocycles. The van der Waals surface area contributed by atoms with Crippen molar-refractivity contribution in [3.63, 3.8) is 0 Å². The lowest BCUT2D eigenvalue weighted by Gasteiger charge is -2.03. The van der Waals surface area contributed by atoms with Gasteiger partial charge in [-0.1, -0.05) is 11.8 Å². The molecular formula is C10H13NO4S. The van der Waals surface area contributed by atoms with Crippen molar-refractivity contribution in [1.29, 1.82) is 0 Å². The molecule has 5 nitrogen and oxygen atoms in total. The third-order valence-corrected chi connectivity index (χ3v) is 2.46. The quantitative estimate of drug-likeness (QED) is 0.441. The molecule has 1 aromatic carbocycles. The van der Waals surface area contributed by atoms with E-state index in [0.717, 1.165) is 11.8 Å². The highest BCUT2D eigenvalue weighted by Crippen LogP contribution is 2.14. The van der Waals surface area contributed by atoms with Crippen molar-refractivity contribution in [3.8, 4) is 0 Å². The summed E-state index contributed by atoms with van der Waals surface area (Å²) in [5.41, 5.74) is 6.69. The summed E-state index contributed by atoms with van der Waals surface area (Å²) < 4.78 is 9.45. The van der Waals surface area contributed by atoms with Crippen LogP contribution in [0.4, 0.5) is 5.69 Å². The zero-order valence-corrected chi connectivity index (χ0v) is 9.40. The molecule has 1 aromatic rings. The lowest BCUT2D eigenvalue weighted by molar-refractivity contribution is -0.0967. The third kappa shape index (κ3) is 4.63. The van der Waals surface area contributed by atoms with E-state index in [1.54, 1.807) is 24.3 Å². The maximum absolute atomic E-state index is 11.5. The summed E-state index contributed by atoms with van der Waals surface area (Å²) in [6.45, 7) is -0.422. The summed E-state index contributed by atoms with van der Waals surface area (Å²) in [5.74, 6) is 0.184. The topological polar surface area (TPSA) is 81.8 Å². The predicted octanol–water partition coefficient (Wildman–Crippen LogP) is 1.04. The average molecular weight is 243 g/mol. The second kappa shape index (κ2) is 7.24. The van der Waals surface area contributed by atoms with Crippen LogP contribution in [0.5, 0.6) is 0 Å². The van der Waals surface area contributed by atoms with Crippen LogP contribution in [0.3, 0.4) is 0 Å². The Kier molecular flexibility index (Phi) is 5.87. The van der Waals surface area contributed by atoms with E-state index in [4.69, 9.17) is 15.6 Å². The Morgan fingerprint density at radius 3 is 2.62 bits per heavy atom. The normalized spacial score (nSPS) is 10.3. The van der Waals surface area contributed by atoms with Crippen LogP contribution in [0.2, 0.25) is 0 Å². The maximum Gasteiger partial charge on any atom is 0.221 e. The predicted molar refractivity (Wildman–Crippen MR) is 61.8 cm³/mol. The Hall–Kier alpha value is -1.08. The van der Waals surface area contributed by atoms with Gasteiger partial charge in [-0.2, -0.15) is 0 Å². The summed E-state index contributed by atoms with van der Waals surface area (Å²) in [6, 6.07) is 6.66. The Morgan fingerprint density at radius 1 is 1.31 bits per heavy atom. The minimum absolute atomic E-state index is 0.0292. The molecule has 0 unspecified atom stereocenters. The van der Waals surface area contributed by atoms with Gasteiger partial charge in [-0.15, -0.1) is 0 Å². The average Bonchev–Trinajstić information content (AvgIpc) is 2.29. The van der Waals surface area contributed by atoms with E-state index >= 15 is 0 Å². The fraction of sp³-hybridized carbons (Fsp3) is 0.300. The van der Waals surface area contributed by atoms with Crippen LogP contribution in [0.1, 0.15) is 10.4 Å². The zero-order chi connectivity index (χ0) is 11.8. The number of carbonyl (C=O) groups is 1. The zero-order valence-electron chi connectivity index (χ0n) is 8.59. The summed E-state index contributed by atoms with van der Waals surface area (Å²) in [4.78, 5) is 11.5.